The van der Waals surface area contributed by atoms with Crippen molar-refractivity contribution in [3.05, 3.63) is 11.8 Å². The Balaban J connectivity index is 4.13. The van der Waals surface area contributed by atoms with Crippen LogP contribution in [-0.4, -0.2) is 19.2 Å². The van der Waals surface area contributed by atoms with Gasteiger partial charge in [-0.2, -0.15) is 5.26 Å². The summed E-state index contributed by atoms with van der Waals surface area (Å²) >= 11 is 0. The molecule has 0 radical (unpaired) electrons. The third kappa shape index (κ3) is 5.20. The highest BCUT2D eigenvalue weighted by Gasteiger charge is 2.11. The molecule has 0 unspecified atom stereocenters. The average Bonchev–Trinajstić information content (AvgIpc) is 2.16. The highest BCUT2D eigenvalue weighted by atomic mass is 16.5. The number of esters is 1. The number of carbonyl (C=O) groups excluding carboxylic acids is 1. The molecule has 0 spiro atoms. The molecule has 0 atom stereocenters. The minimum Gasteiger partial charge on any atom is -0.500 e. The average molecular weight is 197 g/mol. The minimum absolute atomic E-state index is 0.104. The van der Waals surface area contributed by atoms with Crippen molar-refractivity contribution >= 4 is 5.97 Å². The van der Waals surface area contributed by atoms with Gasteiger partial charge in [0, 0.05) is 0 Å². The van der Waals surface area contributed by atoms with E-state index in [0.717, 1.165) is 6.26 Å². The van der Waals surface area contributed by atoms with E-state index >= 15 is 0 Å². The Morgan fingerprint density at radius 1 is 1.57 bits per heavy atom. The molecule has 0 N–H and O–H groups in total. The summed E-state index contributed by atoms with van der Waals surface area (Å²) in [6, 6.07) is 1.72. The Bertz CT molecular complexity index is 251. The first-order valence-corrected chi connectivity index (χ1v) is 4.50. The van der Waals surface area contributed by atoms with Crippen LogP contribution in [0.3, 0.4) is 0 Å². The predicted octanol–water partition coefficient (Wildman–Crippen LogP) is 1.63. The van der Waals surface area contributed by atoms with Crippen LogP contribution in [0.4, 0.5) is 0 Å². The lowest BCUT2D eigenvalue weighted by atomic mass is 10.2. The monoisotopic (exact) mass is 197 g/mol. The predicted molar refractivity (Wildman–Crippen MR) is 51.1 cm³/mol. The second-order valence-electron chi connectivity index (χ2n) is 3.09. The van der Waals surface area contributed by atoms with Gasteiger partial charge in [0.2, 0.25) is 0 Å². The number of rotatable bonds is 5. The van der Waals surface area contributed by atoms with E-state index in [9.17, 15) is 4.79 Å². The van der Waals surface area contributed by atoms with Crippen LogP contribution in [0.5, 0.6) is 0 Å². The van der Waals surface area contributed by atoms with Crippen LogP contribution < -0.4 is 0 Å². The van der Waals surface area contributed by atoms with Crippen molar-refractivity contribution in [3.8, 4) is 6.07 Å². The van der Waals surface area contributed by atoms with Gasteiger partial charge in [-0.15, -0.1) is 0 Å². The van der Waals surface area contributed by atoms with E-state index in [1.54, 1.807) is 13.0 Å². The Kier molecular flexibility index (Phi) is 6.21. The standard InChI is InChI=1S/C10H15NO3/c1-4-13-7-9(5-11)10(12)14-6-8(2)3/h7-8H,4,6H2,1-3H3/b9-7+. The molecule has 14 heavy (non-hydrogen) atoms. The van der Waals surface area contributed by atoms with Gasteiger partial charge in [-0.05, 0) is 12.8 Å². The van der Waals surface area contributed by atoms with E-state index in [-0.39, 0.29) is 11.5 Å². The number of nitrogens with zero attached hydrogens (tertiary/aromatic N) is 1. The number of nitriles is 1. The zero-order valence-electron chi connectivity index (χ0n) is 8.74. The molecule has 0 aromatic heterocycles. The molecule has 0 aliphatic rings. The van der Waals surface area contributed by atoms with Crippen LogP contribution >= 0.6 is 0 Å². The number of carbonyl (C=O) groups is 1. The van der Waals surface area contributed by atoms with Crippen molar-refractivity contribution in [3.63, 3.8) is 0 Å². The molecule has 0 saturated heterocycles. The van der Waals surface area contributed by atoms with Gasteiger partial charge < -0.3 is 9.47 Å². The fourth-order valence-corrected chi connectivity index (χ4v) is 0.607. The summed E-state index contributed by atoms with van der Waals surface area (Å²) in [5.74, 6) is -0.374. The van der Waals surface area contributed by atoms with Crippen LogP contribution in [0.25, 0.3) is 0 Å². The lowest BCUT2D eigenvalue weighted by Crippen LogP contribution is -2.11. The second-order valence-corrected chi connectivity index (χ2v) is 3.09. The Morgan fingerprint density at radius 2 is 2.21 bits per heavy atom. The first-order chi connectivity index (χ1) is 6.61. The molecule has 0 bridgehead atoms. The van der Waals surface area contributed by atoms with Gasteiger partial charge in [0.05, 0.1) is 13.2 Å². The lowest BCUT2D eigenvalue weighted by molar-refractivity contribution is -0.139. The summed E-state index contributed by atoms with van der Waals surface area (Å²) in [6.07, 6.45) is 1.13. The molecule has 0 saturated carbocycles. The van der Waals surface area contributed by atoms with Gasteiger partial charge in [-0.25, -0.2) is 4.79 Å². The van der Waals surface area contributed by atoms with Gasteiger partial charge in [0.15, 0.2) is 5.57 Å². The normalized spacial score (nSPS) is 10.9. The van der Waals surface area contributed by atoms with Gasteiger partial charge in [0.1, 0.15) is 12.3 Å². The third-order valence-corrected chi connectivity index (χ3v) is 1.26. The summed E-state index contributed by atoms with van der Waals surface area (Å²) < 4.78 is 9.67. The van der Waals surface area contributed by atoms with Crippen molar-refractivity contribution in [2.45, 2.75) is 20.8 Å². The largest absolute Gasteiger partial charge is 0.500 e. The maximum absolute atomic E-state index is 11.2. The molecule has 0 aromatic carbocycles. The summed E-state index contributed by atoms with van der Waals surface area (Å²) in [5, 5.41) is 8.59. The number of hydrogen-bond donors (Lipinski definition) is 0. The highest BCUT2D eigenvalue weighted by molar-refractivity contribution is 5.92. The summed E-state index contributed by atoms with van der Waals surface area (Å²) in [4.78, 5) is 11.2. The van der Waals surface area contributed by atoms with Crippen LogP contribution in [0, 0.1) is 17.2 Å². The maximum atomic E-state index is 11.2. The molecule has 0 aliphatic carbocycles. The first kappa shape index (κ1) is 12.5. The van der Waals surface area contributed by atoms with E-state index in [1.165, 1.54) is 0 Å². The van der Waals surface area contributed by atoms with Crippen molar-refractivity contribution in [1.29, 1.82) is 5.26 Å². The van der Waals surface area contributed by atoms with E-state index < -0.39 is 5.97 Å². The van der Waals surface area contributed by atoms with Crippen LogP contribution in [0.2, 0.25) is 0 Å². The summed E-state index contributed by atoms with van der Waals surface area (Å²) in [5.41, 5.74) is -0.104. The van der Waals surface area contributed by atoms with Crippen molar-refractivity contribution < 1.29 is 14.3 Å². The van der Waals surface area contributed by atoms with Gasteiger partial charge in [-0.3, -0.25) is 0 Å². The Morgan fingerprint density at radius 3 is 2.64 bits per heavy atom. The molecule has 0 aliphatic heterocycles. The van der Waals surface area contributed by atoms with Gasteiger partial charge >= 0.3 is 5.97 Å². The summed E-state index contributed by atoms with van der Waals surface area (Å²) in [7, 11) is 0. The number of hydrogen-bond acceptors (Lipinski definition) is 4. The van der Waals surface area contributed by atoms with Crippen LogP contribution in [-0.2, 0) is 14.3 Å². The van der Waals surface area contributed by atoms with Crippen molar-refractivity contribution in [2.24, 2.45) is 5.92 Å². The van der Waals surface area contributed by atoms with Gasteiger partial charge in [0.25, 0.3) is 0 Å². The van der Waals surface area contributed by atoms with Crippen LogP contribution in [0.1, 0.15) is 20.8 Å². The molecule has 0 amide bonds. The Labute approximate surface area is 84.1 Å². The van der Waals surface area contributed by atoms with Gasteiger partial charge in [-0.1, -0.05) is 13.8 Å². The molecule has 4 nitrogen and oxygen atoms in total. The van der Waals surface area contributed by atoms with E-state index in [1.807, 2.05) is 13.8 Å². The Hall–Kier alpha value is -1.50. The zero-order valence-corrected chi connectivity index (χ0v) is 8.74. The van der Waals surface area contributed by atoms with E-state index in [4.69, 9.17) is 14.7 Å². The molecule has 0 rings (SSSR count). The topological polar surface area (TPSA) is 59.3 Å². The molecule has 78 valence electrons. The first-order valence-electron chi connectivity index (χ1n) is 4.50. The molecule has 4 heteroatoms. The SMILES string of the molecule is CCO/C=C(\C#N)C(=O)OCC(C)C. The van der Waals surface area contributed by atoms with E-state index in [0.29, 0.717) is 13.2 Å². The van der Waals surface area contributed by atoms with E-state index in [2.05, 4.69) is 0 Å². The van der Waals surface area contributed by atoms with Crippen molar-refractivity contribution in [2.75, 3.05) is 13.2 Å². The van der Waals surface area contributed by atoms with Crippen molar-refractivity contribution in [1.82, 2.24) is 0 Å². The molecule has 0 fully saturated rings. The second kappa shape index (κ2) is 6.96. The molecular weight excluding hydrogens is 182 g/mol. The third-order valence-electron chi connectivity index (χ3n) is 1.26. The molecule has 0 aromatic rings. The molecule has 0 heterocycles. The smallest absolute Gasteiger partial charge is 0.352 e. The quantitative estimate of drug-likeness (QED) is 0.291. The fraction of sp³-hybridized carbons (Fsp3) is 0.600. The highest BCUT2D eigenvalue weighted by Crippen LogP contribution is 2.00. The summed E-state index contributed by atoms with van der Waals surface area (Å²) in [6.45, 7) is 6.34. The molecular formula is C10H15NO3. The fourth-order valence-electron chi connectivity index (χ4n) is 0.607. The zero-order chi connectivity index (χ0) is 11.0. The van der Waals surface area contributed by atoms with Crippen LogP contribution in [0.15, 0.2) is 11.8 Å². The maximum Gasteiger partial charge on any atom is 0.352 e. The number of ether oxygens (including phenoxy) is 2. The minimum atomic E-state index is -0.630. The lowest BCUT2D eigenvalue weighted by Gasteiger charge is -2.05.